The molecule has 3 atom stereocenters. The fraction of sp³-hybridized carbons (Fsp3) is 0.765. The number of carbonyl (C=O) groups is 2. The van der Waals surface area contributed by atoms with E-state index in [0.717, 1.165) is 24.0 Å². The predicted octanol–water partition coefficient (Wildman–Crippen LogP) is 1.27. The minimum Gasteiger partial charge on any atom is -0.477 e. The predicted molar refractivity (Wildman–Crippen MR) is 88.4 cm³/mol. The molecule has 1 amide bonds. The van der Waals surface area contributed by atoms with Crippen LogP contribution in [0.3, 0.4) is 0 Å². The van der Waals surface area contributed by atoms with Crippen molar-refractivity contribution in [3.05, 3.63) is 10.6 Å². The molecule has 0 aromatic rings. The summed E-state index contributed by atoms with van der Waals surface area (Å²) >= 11 is 1.69. The molecule has 3 saturated heterocycles. The third kappa shape index (κ3) is 1.86. The first-order chi connectivity index (χ1) is 11.5. The summed E-state index contributed by atoms with van der Waals surface area (Å²) in [6, 6.07) is 0.630. The summed E-state index contributed by atoms with van der Waals surface area (Å²) in [4.78, 5) is 29.0. The highest BCUT2D eigenvalue weighted by Crippen LogP contribution is 2.58. The Morgan fingerprint density at radius 1 is 1.33 bits per heavy atom. The fourth-order valence-corrected chi connectivity index (χ4v) is 6.51. The van der Waals surface area contributed by atoms with E-state index in [-0.39, 0.29) is 23.6 Å². The van der Waals surface area contributed by atoms with Crippen molar-refractivity contribution in [1.82, 2.24) is 9.80 Å². The van der Waals surface area contributed by atoms with Gasteiger partial charge in [-0.3, -0.25) is 14.6 Å². The molecule has 4 fully saturated rings. The van der Waals surface area contributed by atoms with E-state index in [1.165, 1.54) is 30.6 Å². The van der Waals surface area contributed by atoms with Crippen molar-refractivity contribution in [1.29, 1.82) is 0 Å². The van der Waals surface area contributed by atoms with Crippen LogP contribution in [0.15, 0.2) is 10.6 Å². The maximum absolute atomic E-state index is 12.3. The van der Waals surface area contributed by atoms with Crippen molar-refractivity contribution in [3.8, 4) is 0 Å². The number of amides is 1. The number of hydrogen-bond acceptors (Lipinski definition) is 5. The number of β-lactam (4-membered cyclic amide) rings is 1. The molecule has 0 aromatic heterocycles. The van der Waals surface area contributed by atoms with Crippen LogP contribution in [0.25, 0.3) is 0 Å². The summed E-state index contributed by atoms with van der Waals surface area (Å²) in [6.45, 7) is 4.57. The van der Waals surface area contributed by atoms with Gasteiger partial charge in [0.25, 0.3) is 5.91 Å². The van der Waals surface area contributed by atoms with E-state index >= 15 is 0 Å². The van der Waals surface area contributed by atoms with Crippen LogP contribution in [0, 0.1) is 5.92 Å². The van der Waals surface area contributed by atoms with Gasteiger partial charge in [-0.05, 0) is 12.8 Å². The van der Waals surface area contributed by atoms with E-state index in [4.69, 9.17) is 4.74 Å². The van der Waals surface area contributed by atoms with Gasteiger partial charge in [0.15, 0.2) is 5.60 Å². The fourth-order valence-electron chi connectivity index (χ4n) is 4.98. The lowest BCUT2D eigenvalue weighted by Gasteiger charge is -2.44. The van der Waals surface area contributed by atoms with Crippen LogP contribution in [0.4, 0.5) is 0 Å². The van der Waals surface area contributed by atoms with Gasteiger partial charge in [0.2, 0.25) is 0 Å². The van der Waals surface area contributed by atoms with Gasteiger partial charge < -0.3 is 9.84 Å². The molecule has 5 aliphatic rings. The highest BCUT2D eigenvalue weighted by Gasteiger charge is 2.76. The molecule has 7 heteroatoms. The molecule has 130 valence electrons. The number of rotatable bonds is 4. The minimum absolute atomic E-state index is 0.0573. The van der Waals surface area contributed by atoms with Gasteiger partial charge in [0.05, 0.1) is 12.6 Å². The van der Waals surface area contributed by atoms with Crippen LogP contribution in [-0.4, -0.2) is 69.4 Å². The lowest BCUT2D eigenvalue weighted by Crippen LogP contribution is -2.67. The van der Waals surface area contributed by atoms with Crippen molar-refractivity contribution in [2.24, 2.45) is 5.92 Å². The zero-order valence-corrected chi connectivity index (χ0v) is 14.6. The molecular formula is C17H22N2O4S. The molecule has 0 radical (unpaired) electrons. The highest BCUT2D eigenvalue weighted by atomic mass is 32.2. The summed E-state index contributed by atoms with van der Waals surface area (Å²) in [5.74, 6) is -1.09. The average Bonchev–Trinajstić information content (AvgIpc) is 3.08. The second-order valence-corrected chi connectivity index (χ2v) is 9.08. The largest absolute Gasteiger partial charge is 0.477 e. The summed E-state index contributed by atoms with van der Waals surface area (Å²) < 4.78 is 5.41. The Balaban J connectivity index is 1.32. The third-order valence-corrected chi connectivity index (χ3v) is 7.82. The van der Waals surface area contributed by atoms with Gasteiger partial charge in [-0.15, -0.1) is 11.8 Å². The number of epoxide rings is 1. The van der Waals surface area contributed by atoms with E-state index in [0.29, 0.717) is 11.9 Å². The maximum Gasteiger partial charge on any atom is 0.353 e. The van der Waals surface area contributed by atoms with Gasteiger partial charge >= 0.3 is 5.97 Å². The number of carbonyl (C=O) groups excluding carboxylic acids is 1. The van der Waals surface area contributed by atoms with E-state index < -0.39 is 11.6 Å². The first-order valence-electron chi connectivity index (χ1n) is 8.89. The van der Waals surface area contributed by atoms with E-state index in [1.807, 2.05) is 6.92 Å². The van der Waals surface area contributed by atoms with Crippen LogP contribution in [-0.2, 0) is 14.3 Å². The lowest BCUT2D eigenvalue weighted by molar-refractivity contribution is -0.158. The summed E-state index contributed by atoms with van der Waals surface area (Å²) in [6.07, 6.45) is 5.29. The number of fused-ring (bicyclic) bond motifs is 2. The maximum atomic E-state index is 12.3. The Hall–Kier alpha value is -1.05. The molecular weight excluding hydrogens is 328 g/mol. The van der Waals surface area contributed by atoms with Crippen molar-refractivity contribution >= 4 is 23.6 Å². The molecule has 6 nitrogen and oxygen atoms in total. The Kier molecular flexibility index (Phi) is 3.16. The van der Waals surface area contributed by atoms with Crippen LogP contribution >= 0.6 is 11.8 Å². The Labute approximate surface area is 145 Å². The Morgan fingerprint density at radius 2 is 2.00 bits per heavy atom. The standard InChI is InChI=1S/C17H22N2O4S/c1-9-13(24-11-6-18(7-11)10-4-2-3-5-10)12(15(20)21)19-14(9)17(8-23-17)16(19)22/h9-11,14H,2-8H2,1H3,(H,20,21). The van der Waals surface area contributed by atoms with Gasteiger partial charge in [0, 0.05) is 35.2 Å². The number of nitrogens with zero attached hydrogens (tertiary/aromatic N) is 2. The number of carboxylic acids is 1. The number of thioether (sulfide) groups is 1. The number of likely N-dealkylation sites (tertiary alicyclic amines) is 1. The summed E-state index contributed by atoms with van der Waals surface area (Å²) in [7, 11) is 0. The highest BCUT2D eigenvalue weighted by molar-refractivity contribution is 8.03. The van der Waals surface area contributed by atoms with Crippen LogP contribution in [0.5, 0.6) is 0 Å². The summed E-state index contributed by atoms with van der Waals surface area (Å²) in [5, 5.41) is 10.1. The van der Waals surface area contributed by atoms with Crippen molar-refractivity contribution in [2.75, 3.05) is 19.7 Å². The topological polar surface area (TPSA) is 73.4 Å². The van der Waals surface area contributed by atoms with Crippen LogP contribution < -0.4 is 0 Å². The third-order valence-electron chi connectivity index (χ3n) is 6.37. The van der Waals surface area contributed by atoms with E-state index in [9.17, 15) is 14.7 Å². The lowest BCUT2D eigenvalue weighted by atomic mass is 9.82. The first kappa shape index (κ1) is 15.2. The van der Waals surface area contributed by atoms with E-state index in [1.54, 1.807) is 11.8 Å². The normalized spacial score (nSPS) is 39.4. The molecule has 1 saturated carbocycles. The Bertz CT molecular complexity index is 647. The first-order valence-corrected chi connectivity index (χ1v) is 9.76. The van der Waals surface area contributed by atoms with Crippen LogP contribution in [0.1, 0.15) is 32.6 Å². The molecule has 1 N–H and O–H groups in total. The van der Waals surface area contributed by atoms with E-state index in [2.05, 4.69) is 4.90 Å². The molecule has 4 aliphatic heterocycles. The SMILES string of the molecule is CC1C(SC2CN(C3CCCC3)C2)=C(C(=O)O)N2C(=O)C3(CO3)C12. The summed E-state index contributed by atoms with van der Waals surface area (Å²) in [5.41, 5.74) is -0.485. The molecule has 0 bridgehead atoms. The zero-order chi connectivity index (χ0) is 16.6. The van der Waals surface area contributed by atoms with Gasteiger partial charge in [-0.1, -0.05) is 19.8 Å². The smallest absolute Gasteiger partial charge is 0.353 e. The number of carboxylic acid groups (broad SMARTS) is 1. The average molecular weight is 350 g/mol. The minimum atomic E-state index is -0.984. The monoisotopic (exact) mass is 350 g/mol. The van der Waals surface area contributed by atoms with Crippen molar-refractivity contribution in [3.63, 3.8) is 0 Å². The zero-order valence-electron chi connectivity index (χ0n) is 13.7. The van der Waals surface area contributed by atoms with Crippen LogP contribution in [0.2, 0.25) is 0 Å². The molecule has 24 heavy (non-hydrogen) atoms. The van der Waals surface area contributed by atoms with Gasteiger partial charge in [0.1, 0.15) is 5.70 Å². The Morgan fingerprint density at radius 3 is 2.58 bits per heavy atom. The second-order valence-electron chi connectivity index (χ2n) is 7.74. The molecule has 5 rings (SSSR count). The number of hydrogen-bond donors (Lipinski definition) is 1. The van der Waals surface area contributed by atoms with Crippen molar-refractivity contribution < 1.29 is 19.4 Å². The molecule has 0 aromatic carbocycles. The van der Waals surface area contributed by atoms with Crippen molar-refractivity contribution in [2.45, 2.75) is 55.5 Å². The molecule has 3 unspecified atom stereocenters. The number of aliphatic carboxylic acids is 1. The molecule has 1 aliphatic carbocycles. The second kappa shape index (κ2) is 4.99. The number of ether oxygens (including phenoxy) is 1. The molecule has 4 heterocycles. The molecule has 1 spiro atoms. The van der Waals surface area contributed by atoms with Gasteiger partial charge in [-0.25, -0.2) is 4.79 Å². The van der Waals surface area contributed by atoms with Gasteiger partial charge in [-0.2, -0.15) is 0 Å². The quantitative estimate of drug-likeness (QED) is 0.608.